The van der Waals surface area contributed by atoms with Crippen LogP contribution in [0.2, 0.25) is 0 Å². The predicted octanol–water partition coefficient (Wildman–Crippen LogP) is 2.97. The monoisotopic (exact) mass is 469 g/mol. The summed E-state index contributed by atoms with van der Waals surface area (Å²) in [5.41, 5.74) is -0.0781. The molecule has 170 valence electrons. The number of aliphatic hydroxyl groups is 1. The number of nitrogens with one attached hydrogen (secondary N) is 1. The largest absolute Gasteiger partial charge is 0.431 e. The fourth-order valence-corrected chi connectivity index (χ4v) is 3.56. The summed E-state index contributed by atoms with van der Waals surface area (Å²) >= 11 is 1.37. The van der Waals surface area contributed by atoms with Gasteiger partial charge in [0.15, 0.2) is 0 Å². The van der Waals surface area contributed by atoms with Crippen molar-refractivity contribution in [1.29, 1.82) is 0 Å². The number of hydrogen-bond acceptors (Lipinski definition) is 8. The Bertz CT molecular complexity index is 1320. The van der Waals surface area contributed by atoms with Gasteiger partial charge in [-0.1, -0.05) is 23.5 Å². The second kappa shape index (κ2) is 10.2. The number of rotatable bonds is 9. The first-order valence-electron chi connectivity index (χ1n) is 10.0. The highest BCUT2D eigenvalue weighted by atomic mass is 32.1. The molecule has 0 aliphatic rings. The van der Waals surface area contributed by atoms with Gasteiger partial charge in [-0.05, 0) is 48.4 Å². The second-order valence-electron chi connectivity index (χ2n) is 6.99. The van der Waals surface area contributed by atoms with E-state index >= 15 is 0 Å². The number of halogens is 1. The molecule has 0 radical (unpaired) electrons. The first-order valence-corrected chi connectivity index (χ1v) is 10.9. The Balaban J connectivity index is 1.65. The molecule has 0 fully saturated rings. The molecule has 0 aliphatic heterocycles. The topological polar surface area (TPSA) is 111 Å². The Morgan fingerprint density at radius 2 is 1.82 bits per heavy atom. The molecule has 9 nitrogen and oxygen atoms in total. The molecule has 0 unspecified atom stereocenters. The van der Waals surface area contributed by atoms with Gasteiger partial charge < -0.3 is 15.2 Å². The van der Waals surface area contributed by atoms with Gasteiger partial charge in [-0.2, -0.15) is 4.98 Å². The molecule has 0 saturated carbocycles. The number of ether oxygens (including phenoxy) is 1. The molecule has 33 heavy (non-hydrogen) atoms. The van der Waals surface area contributed by atoms with E-state index in [1.54, 1.807) is 48.0 Å². The first-order chi connectivity index (χ1) is 16.0. The van der Waals surface area contributed by atoms with Crippen molar-refractivity contribution in [3.8, 4) is 10.9 Å². The summed E-state index contributed by atoms with van der Waals surface area (Å²) in [4.78, 5) is 33.7. The van der Waals surface area contributed by atoms with Gasteiger partial charge in [0.1, 0.15) is 11.6 Å². The molecule has 0 amide bonds. The average molecular weight is 469 g/mol. The van der Waals surface area contributed by atoms with Crippen LogP contribution in [0.5, 0.6) is 10.9 Å². The normalized spacial score (nSPS) is 10.8. The van der Waals surface area contributed by atoms with Crippen LogP contribution in [0.25, 0.3) is 0 Å². The summed E-state index contributed by atoms with van der Waals surface area (Å²) < 4.78 is 21.2. The van der Waals surface area contributed by atoms with Gasteiger partial charge >= 0.3 is 11.4 Å². The summed E-state index contributed by atoms with van der Waals surface area (Å²) in [7, 11) is 0. The summed E-state index contributed by atoms with van der Waals surface area (Å²) in [6.45, 7) is -0.0635. The standard InChI is InChI=1S/C22H20FN5O4S/c23-16-4-2-15(3-5-16)14-28-19(26-20(30)27(22(28)31)11-1-12-29)25-17-6-8-18(9-7-17)32-21-24-10-13-33-21/h2-10,13,29H,1,11-12,14H2,(H,25,26,30). The minimum Gasteiger partial charge on any atom is -0.431 e. The summed E-state index contributed by atoms with van der Waals surface area (Å²) in [6, 6.07) is 12.6. The van der Waals surface area contributed by atoms with E-state index in [4.69, 9.17) is 9.84 Å². The van der Waals surface area contributed by atoms with Crippen LogP contribution in [-0.2, 0) is 13.1 Å². The average Bonchev–Trinajstić information content (AvgIpc) is 3.32. The zero-order valence-electron chi connectivity index (χ0n) is 17.3. The highest BCUT2D eigenvalue weighted by molar-refractivity contribution is 7.11. The molecule has 0 saturated heterocycles. The molecule has 0 aliphatic carbocycles. The summed E-state index contributed by atoms with van der Waals surface area (Å²) in [6.07, 6.45) is 1.88. The maximum absolute atomic E-state index is 13.3. The lowest BCUT2D eigenvalue weighted by atomic mass is 10.2. The number of aromatic nitrogens is 4. The molecule has 2 aromatic heterocycles. The molecule has 2 N–H and O–H groups in total. The maximum atomic E-state index is 13.3. The Labute approximate surface area is 191 Å². The zero-order chi connectivity index (χ0) is 23.2. The molecular weight excluding hydrogens is 449 g/mol. The summed E-state index contributed by atoms with van der Waals surface area (Å²) in [5.74, 6) is 0.227. The van der Waals surface area contributed by atoms with Crippen molar-refractivity contribution in [2.24, 2.45) is 0 Å². The molecule has 11 heteroatoms. The molecule has 2 heterocycles. The van der Waals surface area contributed by atoms with Crippen molar-refractivity contribution in [3.63, 3.8) is 0 Å². The Morgan fingerprint density at radius 3 is 2.48 bits per heavy atom. The van der Waals surface area contributed by atoms with E-state index in [1.165, 1.54) is 28.0 Å². The molecule has 0 atom stereocenters. The number of aliphatic hydroxyl groups excluding tert-OH is 1. The van der Waals surface area contributed by atoms with Crippen LogP contribution in [0.1, 0.15) is 12.0 Å². The van der Waals surface area contributed by atoms with Crippen LogP contribution < -0.4 is 21.4 Å². The number of hydrogen-bond donors (Lipinski definition) is 2. The van der Waals surface area contributed by atoms with Crippen LogP contribution in [-0.4, -0.2) is 30.8 Å². The van der Waals surface area contributed by atoms with Gasteiger partial charge in [-0.25, -0.2) is 23.5 Å². The van der Waals surface area contributed by atoms with Gasteiger partial charge in [0, 0.05) is 30.4 Å². The van der Waals surface area contributed by atoms with Crippen LogP contribution in [0, 0.1) is 5.82 Å². The molecular formula is C22H20FN5O4S. The zero-order valence-corrected chi connectivity index (χ0v) is 18.2. The Kier molecular flexibility index (Phi) is 6.91. The van der Waals surface area contributed by atoms with Gasteiger partial charge in [0.25, 0.3) is 5.19 Å². The maximum Gasteiger partial charge on any atom is 0.354 e. The second-order valence-corrected chi connectivity index (χ2v) is 7.85. The number of thiazole rings is 1. The van der Waals surface area contributed by atoms with E-state index < -0.39 is 17.2 Å². The van der Waals surface area contributed by atoms with E-state index in [0.717, 1.165) is 4.57 Å². The molecule has 2 aromatic carbocycles. The highest BCUT2D eigenvalue weighted by Gasteiger charge is 2.14. The Morgan fingerprint density at radius 1 is 1.06 bits per heavy atom. The van der Waals surface area contributed by atoms with Gasteiger partial charge in [-0.3, -0.25) is 4.57 Å². The highest BCUT2D eigenvalue weighted by Crippen LogP contribution is 2.25. The lowest BCUT2D eigenvalue weighted by Gasteiger charge is -2.16. The lowest BCUT2D eigenvalue weighted by Crippen LogP contribution is -2.42. The molecule has 0 spiro atoms. The van der Waals surface area contributed by atoms with E-state index in [0.29, 0.717) is 22.2 Å². The van der Waals surface area contributed by atoms with Gasteiger partial charge in [0.2, 0.25) is 5.95 Å². The van der Waals surface area contributed by atoms with Crippen molar-refractivity contribution in [1.82, 2.24) is 19.1 Å². The number of nitrogens with zero attached hydrogens (tertiary/aromatic N) is 4. The van der Waals surface area contributed by atoms with Crippen LogP contribution in [0.15, 0.2) is 69.7 Å². The minimum absolute atomic E-state index is 0.0354. The number of anilines is 2. The van der Waals surface area contributed by atoms with Gasteiger partial charge in [-0.15, -0.1) is 0 Å². The minimum atomic E-state index is -0.727. The molecule has 4 rings (SSSR count). The van der Waals surface area contributed by atoms with Crippen molar-refractivity contribution in [2.75, 3.05) is 11.9 Å². The van der Waals surface area contributed by atoms with E-state index in [-0.39, 0.29) is 32.1 Å². The van der Waals surface area contributed by atoms with Crippen LogP contribution in [0.4, 0.5) is 16.0 Å². The smallest absolute Gasteiger partial charge is 0.354 e. The quantitative estimate of drug-likeness (QED) is 0.388. The van der Waals surface area contributed by atoms with Gasteiger partial charge in [0.05, 0.1) is 6.54 Å². The Hall–Kier alpha value is -3.83. The SMILES string of the molecule is O=c1nc(Nc2ccc(Oc3nccs3)cc2)n(Cc2ccc(F)cc2)c(=O)n1CCCO. The van der Waals surface area contributed by atoms with E-state index in [2.05, 4.69) is 15.3 Å². The number of benzene rings is 2. The van der Waals surface area contributed by atoms with Crippen molar-refractivity contribution in [3.05, 3.63) is 92.5 Å². The molecule has 4 aromatic rings. The lowest BCUT2D eigenvalue weighted by molar-refractivity contribution is 0.276. The fourth-order valence-electron chi connectivity index (χ4n) is 3.06. The third-order valence-electron chi connectivity index (χ3n) is 4.67. The van der Waals surface area contributed by atoms with E-state index in [1.807, 2.05) is 0 Å². The third kappa shape index (κ3) is 5.51. The van der Waals surface area contributed by atoms with E-state index in [9.17, 15) is 14.0 Å². The van der Waals surface area contributed by atoms with Crippen LogP contribution in [0.3, 0.4) is 0 Å². The van der Waals surface area contributed by atoms with Crippen molar-refractivity contribution < 1.29 is 14.2 Å². The molecule has 0 bridgehead atoms. The summed E-state index contributed by atoms with van der Waals surface area (Å²) in [5, 5.41) is 14.4. The van der Waals surface area contributed by atoms with Crippen molar-refractivity contribution in [2.45, 2.75) is 19.5 Å². The first kappa shape index (κ1) is 22.4. The van der Waals surface area contributed by atoms with Crippen molar-refractivity contribution >= 4 is 23.0 Å². The predicted molar refractivity (Wildman–Crippen MR) is 122 cm³/mol. The fraction of sp³-hybridized carbons (Fsp3) is 0.182. The van der Waals surface area contributed by atoms with Crippen LogP contribution >= 0.6 is 11.3 Å². The third-order valence-corrected chi connectivity index (χ3v) is 5.32.